The Kier molecular flexibility index (Phi) is 5.31. The van der Waals surface area contributed by atoms with Gasteiger partial charge in [-0.1, -0.05) is 30.3 Å². The molecule has 3 aromatic carbocycles. The van der Waals surface area contributed by atoms with Gasteiger partial charge in [0, 0.05) is 29.2 Å². The molecule has 38 heavy (non-hydrogen) atoms. The van der Waals surface area contributed by atoms with Crippen molar-refractivity contribution in [1.82, 2.24) is 25.2 Å². The summed E-state index contributed by atoms with van der Waals surface area (Å²) in [7, 11) is 0. The molecule has 2 aliphatic rings. The van der Waals surface area contributed by atoms with E-state index in [1.54, 1.807) is 22.9 Å². The molecule has 7 rings (SSSR count). The van der Waals surface area contributed by atoms with Crippen LogP contribution in [-0.2, 0) is 13.0 Å². The van der Waals surface area contributed by atoms with Gasteiger partial charge in [-0.3, -0.25) is 4.79 Å². The summed E-state index contributed by atoms with van der Waals surface area (Å²) < 4.78 is 26.7. The lowest BCUT2D eigenvalue weighted by molar-refractivity contribution is 0.172. The Balaban J connectivity index is 1.38. The van der Waals surface area contributed by atoms with E-state index in [9.17, 15) is 9.18 Å². The Morgan fingerprint density at radius 1 is 1.00 bits per heavy atom. The molecule has 2 aliphatic heterocycles. The molecule has 0 bridgehead atoms. The Labute approximate surface area is 216 Å². The molecule has 190 valence electrons. The average molecular weight is 511 g/mol. The molecular formula is C28H23FN6O3. The molecule has 10 heteroatoms. The number of nitrogens with zero attached hydrogens (tertiary/aromatic N) is 5. The van der Waals surface area contributed by atoms with Gasteiger partial charge in [-0.15, -0.1) is 5.10 Å². The van der Waals surface area contributed by atoms with Crippen LogP contribution in [-0.4, -0.2) is 44.9 Å². The second kappa shape index (κ2) is 8.98. The number of anilines is 1. The SMILES string of the molecule is O=c1[nH]c2cc3c(cc2cc1C(c1nnnn1Cc1ccc(F)cc1)N1CCc2ccccc21)OCCO3. The van der Waals surface area contributed by atoms with Gasteiger partial charge in [-0.05, 0) is 58.3 Å². The highest BCUT2D eigenvalue weighted by Crippen LogP contribution is 2.39. The van der Waals surface area contributed by atoms with E-state index in [-0.39, 0.29) is 11.4 Å². The summed E-state index contributed by atoms with van der Waals surface area (Å²) in [5.74, 6) is 1.47. The van der Waals surface area contributed by atoms with Crippen LogP contribution in [0.4, 0.5) is 10.1 Å². The lowest BCUT2D eigenvalue weighted by atomic mass is 10.0. The number of pyridine rings is 1. The lowest BCUT2D eigenvalue weighted by Crippen LogP contribution is -2.34. The number of halogens is 1. The molecule has 1 N–H and O–H groups in total. The second-order valence-electron chi connectivity index (χ2n) is 9.43. The maximum atomic E-state index is 13.6. The number of fused-ring (bicyclic) bond motifs is 3. The molecule has 4 heterocycles. The summed E-state index contributed by atoms with van der Waals surface area (Å²) in [6.07, 6.45) is 0.844. The normalized spacial score (nSPS) is 15.0. The van der Waals surface area contributed by atoms with E-state index in [1.807, 2.05) is 24.3 Å². The van der Waals surface area contributed by atoms with Crippen LogP contribution in [0.5, 0.6) is 11.5 Å². The van der Waals surface area contributed by atoms with Crippen LogP contribution >= 0.6 is 0 Å². The number of tetrazole rings is 1. The van der Waals surface area contributed by atoms with Crippen molar-refractivity contribution in [2.24, 2.45) is 0 Å². The van der Waals surface area contributed by atoms with Gasteiger partial charge in [-0.2, -0.15) is 0 Å². The molecule has 0 saturated heterocycles. The van der Waals surface area contributed by atoms with Crippen molar-refractivity contribution in [3.63, 3.8) is 0 Å². The highest BCUT2D eigenvalue weighted by atomic mass is 19.1. The zero-order chi connectivity index (χ0) is 25.6. The predicted molar refractivity (Wildman–Crippen MR) is 138 cm³/mol. The molecule has 5 aromatic rings. The third-order valence-corrected chi connectivity index (χ3v) is 7.11. The van der Waals surface area contributed by atoms with Crippen LogP contribution in [0.3, 0.4) is 0 Å². The van der Waals surface area contributed by atoms with Crippen molar-refractivity contribution in [3.8, 4) is 11.5 Å². The Morgan fingerprint density at radius 2 is 1.79 bits per heavy atom. The van der Waals surface area contributed by atoms with E-state index in [0.717, 1.165) is 23.1 Å². The molecule has 1 atom stereocenters. The van der Waals surface area contributed by atoms with E-state index in [4.69, 9.17) is 9.47 Å². The zero-order valence-electron chi connectivity index (χ0n) is 20.3. The quantitative estimate of drug-likeness (QED) is 0.386. The first-order valence-electron chi connectivity index (χ1n) is 12.5. The molecule has 0 aliphatic carbocycles. The van der Waals surface area contributed by atoms with Gasteiger partial charge in [0.1, 0.15) is 25.1 Å². The maximum Gasteiger partial charge on any atom is 0.254 e. The number of hydrogen-bond donors (Lipinski definition) is 1. The Bertz CT molecular complexity index is 1710. The van der Waals surface area contributed by atoms with Crippen LogP contribution in [0.25, 0.3) is 10.9 Å². The number of rotatable bonds is 5. The molecule has 2 aromatic heterocycles. The fourth-order valence-electron chi connectivity index (χ4n) is 5.32. The van der Waals surface area contributed by atoms with Crippen molar-refractivity contribution in [3.05, 3.63) is 105 Å². The highest BCUT2D eigenvalue weighted by molar-refractivity contribution is 5.83. The fraction of sp³-hybridized carbons (Fsp3) is 0.214. The minimum Gasteiger partial charge on any atom is -0.486 e. The number of benzene rings is 3. The van der Waals surface area contributed by atoms with Crippen LogP contribution in [0.2, 0.25) is 0 Å². The van der Waals surface area contributed by atoms with E-state index >= 15 is 0 Å². The summed E-state index contributed by atoms with van der Waals surface area (Å²) in [6, 6.07) is 19.4. The number of aromatic nitrogens is 5. The highest BCUT2D eigenvalue weighted by Gasteiger charge is 2.34. The minimum absolute atomic E-state index is 0.236. The number of para-hydroxylation sites is 1. The number of aromatic amines is 1. The topological polar surface area (TPSA) is 98.2 Å². The number of H-pyrrole nitrogens is 1. The van der Waals surface area contributed by atoms with E-state index in [2.05, 4.69) is 37.5 Å². The van der Waals surface area contributed by atoms with Gasteiger partial charge in [-0.25, -0.2) is 9.07 Å². The minimum atomic E-state index is -0.560. The zero-order valence-corrected chi connectivity index (χ0v) is 20.3. The standard InChI is InChI=1S/C28H23FN6O3/c29-20-7-5-17(6-8-20)16-35-27(31-32-33-35)26(34-10-9-18-3-1-2-4-23(18)34)21-13-19-14-24-25(38-12-11-37-24)15-22(19)30-28(21)36/h1-8,13-15,26H,9-12,16H2,(H,30,36). The smallest absolute Gasteiger partial charge is 0.254 e. The summed E-state index contributed by atoms with van der Waals surface area (Å²) in [5.41, 5.74) is 4.02. The van der Waals surface area contributed by atoms with Gasteiger partial charge in [0.25, 0.3) is 5.56 Å². The van der Waals surface area contributed by atoms with Crippen molar-refractivity contribution in [1.29, 1.82) is 0 Å². The van der Waals surface area contributed by atoms with Gasteiger partial charge >= 0.3 is 0 Å². The third kappa shape index (κ3) is 3.85. The average Bonchev–Trinajstić information content (AvgIpc) is 3.57. The Hall–Kier alpha value is -4.73. The fourth-order valence-corrected chi connectivity index (χ4v) is 5.32. The third-order valence-electron chi connectivity index (χ3n) is 7.11. The van der Waals surface area contributed by atoms with Crippen LogP contribution in [0, 0.1) is 5.82 Å². The van der Waals surface area contributed by atoms with Crippen molar-refractivity contribution in [2.75, 3.05) is 24.7 Å². The van der Waals surface area contributed by atoms with Crippen molar-refractivity contribution in [2.45, 2.75) is 19.0 Å². The van der Waals surface area contributed by atoms with Crippen molar-refractivity contribution >= 4 is 16.6 Å². The molecule has 0 radical (unpaired) electrons. The summed E-state index contributed by atoms with van der Waals surface area (Å²) in [4.78, 5) is 18.9. The van der Waals surface area contributed by atoms with Gasteiger partial charge in [0.15, 0.2) is 17.3 Å². The largest absolute Gasteiger partial charge is 0.486 e. The number of nitrogens with one attached hydrogen (secondary N) is 1. The van der Waals surface area contributed by atoms with Gasteiger partial charge in [0.05, 0.1) is 12.1 Å². The van der Waals surface area contributed by atoms with Crippen LogP contribution in [0.1, 0.15) is 28.6 Å². The van der Waals surface area contributed by atoms with E-state index in [1.165, 1.54) is 17.7 Å². The number of ether oxygens (including phenoxy) is 2. The predicted octanol–water partition coefficient (Wildman–Crippen LogP) is 3.63. The van der Waals surface area contributed by atoms with E-state index < -0.39 is 6.04 Å². The first-order chi connectivity index (χ1) is 18.6. The Morgan fingerprint density at radius 3 is 2.63 bits per heavy atom. The van der Waals surface area contributed by atoms with E-state index in [0.29, 0.717) is 54.7 Å². The molecule has 0 spiro atoms. The molecular weight excluding hydrogens is 487 g/mol. The summed E-state index contributed by atoms with van der Waals surface area (Å²) in [5, 5.41) is 13.4. The van der Waals surface area contributed by atoms with Crippen molar-refractivity contribution < 1.29 is 13.9 Å². The first kappa shape index (κ1) is 22.5. The monoisotopic (exact) mass is 510 g/mol. The van der Waals surface area contributed by atoms with Crippen LogP contribution < -0.4 is 19.9 Å². The number of hydrogen-bond acceptors (Lipinski definition) is 7. The molecule has 0 saturated carbocycles. The molecule has 0 amide bonds. The van der Waals surface area contributed by atoms with Gasteiger partial charge in [0.2, 0.25) is 0 Å². The first-order valence-corrected chi connectivity index (χ1v) is 12.5. The lowest BCUT2D eigenvalue weighted by Gasteiger charge is -2.29. The second-order valence-corrected chi connectivity index (χ2v) is 9.43. The summed E-state index contributed by atoms with van der Waals surface area (Å²) in [6.45, 7) is 1.97. The molecule has 0 fully saturated rings. The van der Waals surface area contributed by atoms with Crippen LogP contribution in [0.15, 0.2) is 71.5 Å². The molecule has 1 unspecified atom stereocenters. The molecule has 9 nitrogen and oxygen atoms in total. The summed E-state index contributed by atoms with van der Waals surface area (Å²) >= 11 is 0. The van der Waals surface area contributed by atoms with Gasteiger partial charge < -0.3 is 19.4 Å². The maximum absolute atomic E-state index is 13.6.